The van der Waals surface area contributed by atoms with Gasteiger partial charge in [-0.25, -0.2) is 4.39 Å². The van der Waals surface area contributed by atoms with Crippen molar-refractivity contribution in [3.05, 3.63) is 58.4 Å². The Morgan fingerprint density at radius 3 is 2.70 bits per heavy atom. The molecule has 4 nitrogen and oxygen atoms in total. The molecule has 1 amide bonds. The van der Waals surface area contributed by atoms with Gasteiger partial charge in [-0.3, -0.25) is 4.79 Å². The molecule has 2 aromatic rings. The molecule has 0 saturated carbocycles. The van der Waals surface area contributed by atoms with Gasteiger partial charge in [-0.1, -0.05) is 23.7 Å². The number of carbonyl (C=O) groups is 1. The smallest absolute Gasteiger partial charge is 0.224 e. The van der Waals surface area contributed by atoms with Crippen LogP contribution in [0.3, 0.4) is 0 Å². The fourth-order valence-corrected chi connectivity index (χ4v) is 4.57. The number of hydrogen-bond donors (Lipinski definition) is 0. The Labute approximate surface area is 167 Å². The second-order valence-corrected chi connectivity index (χ2v) is 7.77. The Kier molecular flexibility index (Phi) is 6.50. The van der Waals surface area contributed by atoms with E-state index in [0.717, 1.165) is 16.9 Å². The van der Waals surface area contributed by atoms with Crippen LogP contribution in [0.5, 0.6) is 11.5 Å². The van der Waals surface area contributed by atoms with Crippen LogP contribution in [0.2, 0.25) is 5.02 Å². The van der Waals surface area contributed by atoms with E-state index in [-0.39, 0.29) is 16.3 Å². The van der Waals surface area contributed by atoms with Gasteiger partial charge in [0.2, 0.25) is 5.91 Å². The molecule has 0 bridgehead atoms. The summed E-state index contributed by atoms with van der Waals surface area (Å²) in [7, 11) is 3.19. The second kappa shape index (κ2) is 8.85. The van der Waals surface area contributed by atoms with Gasteiger partial charge in [0, 0.05) is 18.7 Å². The number of thioether (sulfide) groups is 1. The number of nitrogens with zero attached hydrogens (tertiary/aromatic N) is 1. The molecular weight excluding hydrogens is 389 g/mol. The minimum Gasteiger partial charge on any atom is -0.493 e. The molecule has 1 unspecified atom stereocenters. The molecule has 1 heterocycles. The lowest BCUT2D eigenvalue weighted by Crippen LogP contribution is -2.30. The molecular formula is C20H21ClFNO3S. The van der Waals surface area contributed by atoms with Crippen molar-refractivity contribution in [2.24, 2.45) is 0 Å². The number of methoxy groups -OCH3 is 2. The van der Waals surface area contributed by atoms with Crippen molar-refractivity contribution in [1.29, 1.82) is 0 Å². The lowest BCUT2D eigenvalue weighted by Gasteiger charge is -2.25. The molecule has 2 aromatic carbocycles. The maximum atomic E-state index is 13.3. The summed E-state index contributed by atoms with van der Waals surface area (Å²) in [5.74, 6) is 1.82. The maximum Gasteiger partial charge on any atom is 0.224 e. The SMILES string of the molecule is COc1ccc(C2SCCN2C(=O)CCc2ccc(F)c(Cl)c2)cc1OC. The maximum absolute atomic E-state index is 13.3. The zero-order valence-electron chi connectivity index (χ0n) is 15.2. The lowest BCUT2D eigenvalue weighted by molar-refractivity contribution is -0.131. The van der Waals surface area contributed by atoms with Crippen molar-refractivity contribution < 1.29 is 18.7 Å². The highest BCUT2D eigenvalue weighted by atomic mass is 35.5. The van der Waals surface area contributed by atoms with Gasteiger partial charge in [0.15, 0.2) is 11.5 Å². The van der Waals surface area contributed by atoms with Crippen LogP contribution >= 0.6 is 23.4 Å². The first-order valence-electron chi connectivity index (χ1n) is 8.60. The van der Waals surface area contributed by atoms with Gasteiger partial charge in [-0.2, -0.15) is 0 Å². The van der Waals surface area contributed by atoms with E-state index in [0.29, 0.717) is 30.9 Å². The van der Waals surface area contributed by atoms with Crippen LogP contribution in [0.25, 0.3) is 0 Å². The minimum absolute atomic E-state index is 0.0471. The average molecular weight is 410 g/mol. The van der Waals surface area contributed by atoms with Crippen LogP contribution in [-0.4, -0.2) is 37.3 Å². The normalized spacial score (nSPS) is 16.4. The molecule has 7 heteroatoms. The van der Waals surface area contributed by atoms with E-state index < -0.39 is 5.82 Å². The highest BCUT2D eigenvalue weighted by Crippen LogP contribution is 2.41. The van der Waals surface area contributed by atoms with E-state index in [1.54, 1.807) is 38.1 Å². The second-order valence-electron chi connectivity index (χ2n) is 6.17. The highest BCUT2D eigenvalue weighted by molar-refractivity contribution is 7.99. The van der Waals surface area contributed by atoms with Crippen molar-refractivity contribution in [2.75, 3.05) is 26.5 Å². The molecule has 1 aliphatic heterocycles. The predicted octanol–water partition coefficient (Wildman–Crippen LogP) is 4.70. The number of amides is 1. The Morgan fingerprint density at radius 1 is 1.22 bits per heavy atom. The van der Waals surface area contributed by atoms with Crippen molar-refractivity contribution in [1.82, 2.24) is 4.90 Å². The van der Waals surface area contributed by atoms with Crippen molar-refractivity contribution in [3.63, 3.8) is 0 Å². The van der Waals surface area contributed by atoms with E-state index in [1.165, 1.54) is 6.07 Å². The average Bonchev–Trinajstić information content (AvgIpc) is 3.18. The van der Waals surface area contributed by atoms with Gasteiger partial charge in [-0.05, 0) is 41.8 Å². The van der Waals surface area contributed by atoms with E-state index in [4.69, 9.17) is 21.1 Å². The number of hydrogen-bond acceptors (Lipinski definition) is 4. The first-order valence-corrected chi connectivity index (χ1v) is 10.0. The van der Waals surface area contributed by atoms with E-state index in [9.17, 15) is 9.18 Å². The summed E-state index contributed by atoms with van der Waals surface area (Å²) in [6.45, 7) is 0.701. The van der Waals surface area contributed by atoms with Crippen molar-refractivity contribution in [3.8, 4) is 11.5 Å². The molecule has 0 aliphatic carbocycles. The summed E-state index contributed by atoms with van der Waals surface area (Å²) in [5, 5.41) is 0.0361. The molecule has 1 fully saturated rings. The standard InChI is InChI=1S/C20H21ClFNO3S/c1-25-17-7-5-14(12-18(17)26-2)20-23(9-10-27-20)19(24)8-4-13-3-6-16(22)15(21)11-13/h3,5-7,11-12,20H,4,8-10H2,1-2H3. The van der Waals surface area contributed by atoms with Crippen LogP contribution in [-0.2, 0) is 11.2 Å². The Hall–Kier alpha value is -1.92. The summed E-state index contributed by atoms with van der Waals surface area (Å²) in [4.78, 5) is 14.7. The van der Waals surface area contributed by atoms with Gasteiger partial charge < -0.3 is 14.4 Å². The zero-order chi connectivity index (χ0) is 19.4. The van der Waals surface area contributed by atoms with Crippen LogP contribution < -0.4 is 9.47 Å². The third kappa shape index (κ3) is 4.50. The van der Waals surface area contributed by atoms with Gasteiger partial charge in [0.25, 0.3) is 0 Å². The van der Waals surface area contributed by atoms with Crippen molar-refractivity contribution in [2.45, 2.75) is 18.2 Å². The van der Waals surface area contributed by atoms with E-state index in [2.05, 4.69) is 0 Å². The van der Waals surface area contributed by atoms with E-state index >= 15 is 0 Å². The van der Waals surface area contributed by atoms with Crippen LogP contribution in [0, 0.1) is 5.82 Å². The monoisotopic (exact) mass is 409 g/mol. The van der Waals surface area contributed by atoms with Crippen molar-refractivity contribution >= 4 is 29.3 Å². The summed E-state index contributed by atoms with van der Waals surface area (Å²) in [6.07, 6.45) is 0.880. The summed E-state index contributed by atoms with van der Waals surface area (Å²) < 4.78 is 23.9. The third-order valence-corrected chi connectivity index (χ3v) is 6.07. The lowest BCUT2D eigenvalue weighted by atomic mass is 10.1. The number of carbonyl (C=O) groups excluding carboxylic acids is 1. The molecule has 1 aliphatic rings. The highest BCUT2D eigenvalue weighted by Gasteiger charge is 2.30. The molecule has 27 heavy (non-hydrogen) atoms. The molecule has 0 aromatic heterocycles. The van der Waals surface area contributed by atoms with Gasteiger partial charge in [-0.15, -0.1) is 11.8 Å². The topological polar surface area (TPSA) is 38.8 Å². The molecule has 3 rings (SSSR count). The first-order chi connectivity index (χ1) is 13.0. The Morgan fingerprint density at radius 2 is 2.00 bits per heavy atom. The van der Waals surface area contributed by atoms with Crippen LogP contribution in [0.4, 0.5) is 4.39 Å². The van der Waals surface area contributed by atoms with Crippen LogP contribution in [0.15, 0.2) is 36.4 Å². The summed E-state index contributed by atoms with van der Waals surface area (Å²) >= 11 is 7.55. The van der Waals surface area contributed by atoms with Gasteiger partial charge in [0.1, 0.15) is 11.2 Å². The predicted molar refractivity (Wildman–Crippen MR) is 106 cm³/mol. The molecule has 0 radical (unpaired) electrons. The Bertz CT molecular complexity index is 833. The fraction of sp³-hybridized carbons (Fsp3) is 0.350. The molecule has 1 saturated heterocycles. The molecule has 0 N–H and O–H groups in total. The van der Waals surface area contributed by atoms with Gasteiger partial charge >= 0.3 is 0 Å². The largest absolute Gasteiger partial charge is 0.493 e. The molecule has 1 atom stereocenters. The first kappa shape index (κ1) is 19.8. The summed E-state index contributed by atoms with van der Waals surface area (Å²) in [5.41, 5.74) is 1.86. The number of aryl methyl sites for hydroxylation is 1. The minimum atomic E-state index is -0.448. The Balaban J connectivity index is 1.70. The number of benzene rings is 2. The summed E-state index contributed by atoms with van der Waals surface area (Å²) in [6, 6.07) is 10.3. The zero-order valence-corrected chi connectivity index (χ0v) is 16.8. The number of halogens is 2. The number of rotatable bonds is 6. The third-order valence-electron chi connectivity index (χ3n) is 4.52. The fourth-order valence-electron chi connectivity index (χ4n) is 3.10. The quantitative estimate of drug-likeness (QED) is 0.693. The number of ether oxygens (including phenoxy) is 2. The van der Waals surface area contributed by atoms with Crippen LogP contribution in [0.1, 0.15) is 22.9 Å². The van der Waals surface area contributed by atoms with Gasteiger partial charge in [0.05, 0.1) is 19.2 Å². The molecule has 144 valence electrons. The van der Waals surface area contributed by atoms with E-state index in [1.807, 2.05) is 23.1 Å². The molecule has 0 spiro atoms.